The van der Waals surface area contributed by atoms with Crippen LogP contribution in [-0.2, 0) is 6.54 Å². The van der Waals surface area contributed by atoms with Gasteiger partial charge in [-0.05, 0) is 43.7 Å². The Morgan fingerprint density at radius 2 is 2.29 bits per heavy atom. The van der Waals surface area contributed by atoms with Gasteiger partial charge in [0, 0.05) is 24.5 Å². The van der Waals surface area contributed by atoms with Crippen molar-refractivity contribution in [3.63, 3.8) is 0 Å². The van der Waals surface area contributed by atoms with E-state index in [1.54, 1.807) is 0 Å². The molecule has 7 heteroatoms. The Hall–Kier alpha value is -2.02. The van der Waals surface area contributed by atoms with E-state index in [1.165, 1.54) is 0 Å². The summed E-state index contributed by atoms with van der Waals surface area (Å²) in [4.78, 5) is 18.5. The van der Waals surface area contributed by atoms with Crippen LogP contribution in [0.4, 0.5) is 10.5 Å². The van der Waals surface area contributed by atoms with Crippen molar-refractivity contribution >= 4 is 23.5 Å². The molecule has 6 nitrogen and oxygen atoms in total. The summed E-state index contributed by atoms with van der Waals surface area (Å²) in [7, 11) is 1.87. The summed E-state index contributed by atoms with van der Waals surface area (Å²) in [5.74, 6) is 3.82. The van der Waals surface area contributed by atoms with Crippen LogP contribution < -0.4 is 5.32 Å². The number of hydrogen-bond acceptors (Lipinski definition) is 4. The van der Waals surface area contributed by atoms with Crippen LogP contribution in [0.3, 0.4) is 0 Å². The largest absolute Gasteiger partial charge is 0.324 e. The lowest BCUT2D eigenvalue weighted by Crippen LogP contribution is -2.39. The summed E-state index contributed by atoms with van der Waals surface area (Å²) in [6.07, 6.45) is 1.07. The molecule has 1 fully saturated rings. The van der Waals surface area contributed by atoms with Gasteiger partial charge in [-0.1, -0.05) is 12.1 Å². The van der Waals surface area contributed by atoms with Gasteiger partial charge in [-0.15, -0.1) is 0 Å². The predicted molar refractivity (Wildman–Crippen MR) is 97.6 cm³/mol. The van der Waals surface area contributed by atoms with E-state index in [9.17, 15) is 4.79 Å². The van der Waals surface area contributed by atoms with Crippen LogP contribution in [-0.4, -0.2) is 50.3 Å². The molecular formula is C17H23N5OS. The van der Waals surface area contributed by atoms with Crippen molar-refractivity contribution in [2.75, 3.05) is 23.9 Å². The number of aromatic nitrogens is 3. The molecule has 128 valence electrons. The van der Waals surface area contributed by atoms with E-state index in [0.717, 1.165) is 40.8 Å². The molecule has 1 atom stereocenters. The number of thioether (sulfide) groups is 1. The van der Waals surface area contributed by atoms with Crippen molar-refractivity contribution in [3.05, 3.63) is 41.5 Å². The molecule has 1 aliphatic rings. The molecule has 1 aromatic heterocycles. The first-order valence-electron chi connectivity index (χ1n) is 8.11. The quantitative estimate of drug-likeness (QED) is 0.925. The number of aryl methyl sites for hydroxylation is 2. The van der Waals surface area contributed by atoms with Gasteiger partial charge < -0.3 is 10.2 Å². The van der Waals surface area contributed by atoms with Crippen molar-refractivity contribution in [1.29, 1.82) is 0 Å². The average Bonchev–Trinajstić information content (AvgIpc) is 3.17. The Kier molecular flexibility index (Phi) is 5.08. The Morgan fingerprint density at radius 1 is 1.46 bits per heavy atom. The SMILES string of the molecule is Cc1nc(C)n(Cc2cccc(NC(=O)N(C)[C@H]3CCSC3)c2)n1. The van der Waals surface area contributed by atoms with E-state index < -0.39 is 0 Å². The minimum absolute atomic E-state index is 0.0487. The van der Waals surface area contributed by atoms with Gasteiger partial charge >= 0.3 is 6.03 Å². The second kappa shape index (κ2) is 7.25. The smallest absolute Gasteiger partial charge is 0.321 e. The van der Waals surface area contributed by atoms with E-state index in [4.69, 9.17) is 0 Å². The molecule has 1 aromatic carbocycles. The molecular weight excluding hydrogens is 322 g/mol. The number of carbonyl (C=O) groups is 1. The minimum Gasteiger partial charge on any atom is -0.324 e. The summed E-state index contributed by atoms with van der Waals surface area (Å²) in [6, 6.07) is 8.18. The van der Waals surface area contributed by atoms with Crippen molar-refractivity contribution in [1.82, 2.24) is 19.7 Å². The fourth-order valence-corrected chi connectivity index (χ4v) is 4.10. The molecule has 2 heterocycles. The number of nitrogens with one attached hydrogen (secondary N) is 1. The summed E-state index contributed by atoms with van der Waals surface area (Å²) in [6.45, 7) is 4.48. The first-order chi connectivity index (χ1) is 11.5. The number of hydrogen-bond donors (Lipinski definition) is 1. The van der Waals surface area contributed by atoms with Crippen LogP contribution in [0, 0.1) is 13.8 Å². The summed E-state index contributed by atoms with van der Waals surface area (Å²) < 4.78 is 1.87. The van der Waals surface area contributed by atoms with E-state index in [2.05, 4.69) is 15.4 Å². The maximum absolute atomic E-state index is 12.4. The number of rotatable bonds is 4. The minimum atomic E-state index is -0.0487. The van der Waals surface area contributed by atoms with Gasteiger partial charge in [-0.2, -0.15) is 16.9 Å². The monoisotopic (exact) mass is 345 g/mol. The Labute approximate surface area is 146 Å². The van der Waals surface area contributed by atoms with E-state index >= 15 is 0 Å². The fourth-order valence-electron chi connectivity index (χ4n) is 2.84. The molecule has 1 aliphatic heterocycles. The highest BCUT2D eigenvalue weighted by atomic mass is 32.2. The van der Waals surface area contributed by atoms with Crippen LogP contribution in [0.25, 0.3) is 0 Å². The van der Waals surface area contributed by atoms with Gasteiger partial charge in [-0.3, -0.25) is 0 Å². The van der Waals surface area contributed by atoms with Gasteiger partial charge in [0.2, 0.25) is 0 Å². The molecule has 0 aliphatic carbocycles. The molecule has 0 radical (unpaired) electrons. The second-order valence-electron chi connectivity index (χ2n) is 6.12. The van der Waals surface area contributed by atoms with Gasteiger partial charge in [0.25, 0.3) is 0 Å². The zero-order chi connectivity index (χ0) is 17.1. The van der Waals surface area contributed by atoms with Crippen LogP contribution in [0.1, 0.15) is 23.6 Å². The standard InChI is InChI=1S/C17H23N5OS/c1-12-18-13(2)22(20-12)10-14-5-4-6-15(9-14)19-17(23)21(3)16-7-8-24-11-16/h4-6,9,16H,7-8,10-11H2,1-3H3,(H,19,23)/t16-/m0/s1. The third kappa shape index (κ3) is 3.90. The normalized spacial score (nSPS) is 17.0. The first kappa shape index (κ1) is 16.8. The van der Waals surface area contributed by atoms with E-state index in [1.807, 2.05) is 66.5 Å². The maximum atomic E-state index is 12.4. The first-order valence-corrected chi connectivity index (χ1v) is 9.27. The lowest BCUT2D eigenvalue weighted by Gasteiger charge is -2.24. The van der Waals surface area contributed by atoms with E-state index in [0.29, 0.717) is 12.6 Å². The van der Waals surface area contributed by atoms with Crippen LogP contribution >= 0.6 is 11.8 Å². The van der Waals surface area contributed by atoms with Gasteiger partial charge in [0.15, 0.2) is 0 Å². The summed E-state index contributed by atoms with van der Waals surface area (Å²) >= 11 is 1.90. The van der Waals surface area contributed by atoms with Gasteiger partial charge in [0.05, 0.1) is 6.54 Å². The Bertz CT molecular complexity index is 724. The van der Waals surface area contributed by atoms with Crippen molar-refractivity contribution in [3.8, 4) is 0 Å². The molecule has 24 heavy (non-hydrogen) atoms. The number of benzene rings is 1. The summed E-state index contributed by atoms with van der Waals surface area (Å²) in [5.41, 5.74) is 1.89. The Morgan fingerprint density at radius 3 is 2.96 bits per heavy atom. The molecule has 0 spiro atoms. The summed E-state index contributed by atoms with van der Waals surface area (Å²) in [5, 5.41) is 7.38. The molecule has 1 saturated heterocycles. The fraction of sp³-hybridized carbons (Fsp3) is 0.471. The molecule has 0 bridgehead atoms. The highest BCUT2D eigenvalue weighted by Gasteiger charge is 2.23. The molecule has 0 unspecified atom stereocenters. The number of urea groups is 1. The highest BCUT2D eigenvalue weighted by Crippen LogP contribution is 2.22. The molecule has 2 amide bonds. The lowest BCUT2D eigenvalue weighted by atomic mass is 10.2. The maximum Gasteiger partial charge on any atom is 0.321 e. The average molecular weight is 345 g/mol. The van der Waals surface area contributed by atoms with Gasteiger partial charge in [0.1, 0.15) is 11.6 Å². The molecule has 1 N–H and O–H groups in total. The number of nitrogens with zero attached hydrogens (tertiary/aromatic N) is 4. The Balaban J connectivity index is 1.66. The van der Waals surface area contributed by atoms with Crippen LogP contribution in [0.15, 0.2) is 24.3 Å². The third-order valence-electron chi connectivity index (χ3n) is 4.25. The van der Waals surface area contributed by atoms with Crippen LogP contribution in [0.5, 0.6) is 0 Å². The van der Waals surface area contributed by atoms with Gasteiger partial charge in [-0.25, -0.2) is 14.5 Å². The van der Waals surface area contributed by atoms with Crippen molar-refractivity contribution in [2.24, 2.45) is 0 Å². The molecule has 2 aromatic rings. The molecule has 0 saturated carbocycles. The topological polar surface area (TPSA) is 63.1 Å². The zero-order valence-corrected chi connectivity index (χ0v) is 15.1. The number of carbonyl (C=O) groups excluding carboxylic acids is 1. The zero-order valence-electron chi connectivity index (χ0n) is 14.3. The third-order valence-corrected chi connectivity index (χ3v) is 5.39. The van der Waals surface area contributed by atoms with Crippen molar-refractivity contribution < 1.29 is 4.79 Å². The predicted octanol–water partition coefficient (Wildman–Crippen LogP) is 2.91. The molecule has 3 rings (SSSR count). The second-order valence-corrected chi connectivity index (χ2v) is 7.27. The highest BCUT2D eigenvalue weighted by molar-refractivity contribution is 7.99. The number of amides is 2. The van der Waals surface area contributed by atoms with Crippen molar-refractivity contribution in [2.45, 2.75) is 32.9 Å². The lowest BCUT2D eigenvalue weighted by molar-refractivity contribution is 0.209. The number of anilines is 1. The van der Waals surface area contributed by atoms with Crippen LogP contribution in [0.2, 0.25) is 0 Å². The van der Waals surface area contributed by atoms with E-state index in [-0.39, 0.29) is 6.03 Å².